The third-order valence-electron chi connectivity index (χ3n) is 5.56. The number of ether oxygens (including phenoxy) is 1. The van der Waals surface area contributed by atoms with Crippen LogP contribution in [0.15, 0.2) is 24.3 Å². The van der Waals surface area contributed by atoms with Gasteiger partial charge in [-0.2, -0.15) is 0 Å². The van der Waals surface area contributed by atoms with Gasteiger partial charge in [-0.1, -0.05) is 29.8 Å². The predicted molar refractivity (Wildman–Crippen MR) is 111 cm³/mol. The summed E-state index contributed by atoms with van der Waals surface area (Å²) in [6.07, 6.45) is 5.78. The third-order valence-corrected chi connectivity index (χ3v) is 7.11. The van der Waals surface area contributed by atoms with Gasteiger partial charge in [-0.25, -0.2) is 9.59 Å². The summed E-state index contributed by atoms with van der Waals surface area (Å²) in [5, 5.41) is 4.29. The van der Waals surface area contributed by atoms with Crippen LogP contribution in [0.1, 0.15) is 58.1 Å². The van der Waals surface area contributed by atoms with E-state index < -0.39 is 0 Å². The highest BCUT2D eigenvalue weighted by Crippen LogP contribution is 2.40. The van der Waals surface area contributed by atoms with Gasteiger partial charge in [-0.15, -0.1) is 11.3 Å². The number of hydrogen-bond acceptors (Lipinski definition) is 4. The van der Waals surface area contributed by atoms with Gasteiger partial charge in [0.2, 0.25) is 0 Å². The molecule has 0 spiro atoms. The van der Waals surface area contributed by atoms with Crippen molar-refractivity contribution >= 4 is 39.9 Å². The quantitative estimate of drug-likeness (QED) is 0.675. The smallest absolute Gasteiger partial charge is 0.341 e. The van der Waals surface area contributed by atoms with Crippen LogP contribution in [-0.4, -0.2) is 30.6 Å². The van der Waals surface area contributed by atoms with E-state index in [1.165, 1.54) is 23.3 Å². The van der Waals surface area contributed by atoms with Crippen molar-refractivity contribution in [2.45, 2.75) is 44.6 Å². The van der Waals surface area contributed by atoms with Crippen molar-refractivity contribution in [3.8, 4) is 0 Å². The molecular formula is C21H23ClN2O3S. The lowest BCUT2D eigenvalue weighted by atomic mass is 9.95. The number of urea groups is 1. The maximum absolute atomic E-state index is 13.1. The van der Waals surface area contributed by atoms with Gasteiger partial charge in [-0.3, -0.25) is 5.32 Å². The topological polar surface area (TPSA) is 58.6 Å². The van der Waals surface area contributed by atoms with E-state index in [0.29, 0.717) is 22.1 Å². The van der Waals surface area contributed by atoms with Crippen molar-refractivity contribution in [2.75, 3.05) is 19.0 Å². The molecule has 0 saturated carbocycles. The van der Waals surface area contributed by atoms with Crippen LogP contribution in [0.25, 0.3) is 0 Å². The van der Waals surface area contributed by atoms with Crippen LogP contribution < -0.4 is 5.32 Å². The number of methoxy groups -OCH3 is 1. The molecule has 1 N–H and O–H groups in total. The average molecular weight is 419 g/mol. The number of carbonyl (C=O) groups excluding carboxylic acids is 2. The fourth-order valence-electron chi connectivity index (χ4n) is 4.22. The number of esters is 1. The molecule has 1 fully saturated rings. The molecular weight excluding hydrogens is 396 g/mol. The Morgan fingerprint density at radius 2 is 2.00 bits per heavy atom. The number of amides is 2. The van der Waals surface area contributed by atoms with Crippen LogP contribution in [-0.2, 0) is 17.6 Å². The van der Waals surface area contributed by atoms with Gasteiger partial charge in [0.1, 0.15) is 5.00 Å². The van der Waals surface area contributed by atoms with Gasteiger partial charge in [0.25, 0.3) is 0 Å². The minimum Gasteiger partial charge on any atom is -0.465 e. The minimum atomic E-state index is -0.376. The third kappa shape index (κ3) is 3.51. The molecule has 0 unspecified atom stereocenters. The Labute approximate surface area is 173 Å². The molecule has 1 aliphatic carbocycles. The molecule has 0 bridgehead atoms. The summed E-state index contributed by atoms with van der Waals surface area (Å²) in [5.74, 6) is -0.376. The Morgan fingerprint density at radius 3 is 2.79 bits per heavy atom. The Hall–Kier alpha value is -2.05. The van der Waals surface area contributed by atoms with Gasteiger partial charge in [0, 0.05) is 16.4 Å². The summed E-state index contributed by atoms with van der Waals surface area (Å²) < 4.78 is 5.00. The standard InChI is InChI=1S/C21H23ClN2O3S/c1-27-20(25)18-14-8-3-5-11-17(14)28-19(18)23-21(26)24-12-6-10-16(24)13-7-2-4-9-15(13)22/h2,4,7,9,16H,3,5-6,8,10-12H2,1H3,(H,23,26)/t16-/m0/s1. The van der Waals surface area contributed by atoms with Crippen LogP contribution in [0.4, 0.5) is 9.80 Å². The van der Waals surface area contributed by atoms with Crippen LogP contribution in [0, 0.1) is 0 Å². The first kappa shape index (κ1) is 19.3. The first-order chi connectivity index (χ1) is 13.6. The number of nitrogens with one attached hydrogen (secondary N) is 1. The molecule has 1 aromatic heterocycles. The fourth-order valence-corrected chi connectivity index (χ4v) is 5.75. The maximum atomic E-state index is 13.1. The summed E-state index contributed by atoms with van der Waals surface area (Å²) in [5.41, 5.74) is 2.54. The molecule has 4 rings (SSSR count). The average Bonchev–Trinajstić information content (AvgIpc) is 3.32. The molecule has 28 heavy (non-hydrogen) atoms. The number of fused-ring (bicyclic) bond motifs is 1. The van der Waals surface area contributed by atoms with Gasteiger partial charge in [0.15, 0.2) is 0 Å². The number of nitrogens with zero attached hydrogens (tertiary/aromatic N) is 1. The lowest BCUT2D eigenvalue weighted by Crippen LogP contribution is -2.34. The molecule has 1 aromatic carbocycles. The Kier molecular flexibility index (Phi) is 5.60. The zero-order valence-electron chi connectivity index (χ0n) is 15.8. The van der Waals surface area contributed by atoms with Crippen molar-refractivity contribution in [3.63, 3.8) is 0 Å². The molecule has 2 aromatic rings. The van der Waals surface area contributed by atoms with E-state index in [2.05, 4.69) is 5.32 Å². The number of anilines is 1. The largest absolute Gasteiger partial charge is 0.465 e. The number of hydrogen-bond donors (Lipinski definition) is 1. The second-order valence-electron chi connectivity index (χ2n) is 7.21. The highest BCUT2D eigenvalue weighted by Gasteiger charge is 2.33. The number of aryl methyl sites for hydroxylation is 1. The second-order valence-corrected chi connectivity index (χ2v) is 8.72. The molecule has 1 saturated heterocycles. The van der Waals surface area contributed by atoms with Crippen molar-refractivity contribution in [1.82, 2.24) is 4.90 Å². The maximum Gasteiger partial charge on any atom is 0.341 e. The van der Waals surface area contributed by atoms with Gasteiger partial charge in [0.05, 0.1) is 18.7 Å². The number of rotatable bonds is 3. The first-order valence-electron chi connectivity index (χ1n) is 9.65. The van der Waals surface area contributed by atoms with E-state index in [1.807, 2.05) is 29.2 Å². The highest BCUT2D eigenvalue weighted by atomic mass is 35.5. The molecule has 2 aliphatic rings. The van der Waals surface area contributed by atoms with Crippen molar-refractivity contribution < 1.29 is 14.3 Å². The molecule has 0 radical (unpaired) electrons. The van der Waals surface area contributed by atoms with Crippen LogP contribution in [0.3, 0.4) is 0 Å². The second kappa shape index (κ2) is 8.13. The highest BCUT2D eigenvalue weighted by molar-refractivity contribution is 7.17. The minimum absolute atomic E-state index is 0.0511. The zero-order valence-corrected chi connectivity index (χ0v) is 17.4. The molecule has 1 aliphatic heterocycles. The van der Waals surface area contributed by atoms with E-state index in [1.54, 1.807) is 0 Å². The monoisotopic (exact) mass is 418 g/mol. The lowest BCUT2D eigenvalue weighted by Gasteiger charge is -2.26. The number of benzene rings is 1. The lowest BCUT2D eigenvalue weighted by molar-refractivity contribution is 0.0601. The Morgan fingerprint density at radius 1 is 1.21 bits per heavy atom. The summed E-state index contributed by atoms with van der Waals surface area (Å²) in [7, 11) is 1.38. The summed E-state index contributed by atoms with van der Waals surface area (Å²) in [6, 6.07) is 7.43. The van der Waals surface area contributed by atoms with E-state index in [9.17, 15) is 9.59 Å². The van der Waals surface area contributed by atoms with Gasteiger partial charge >= 0.3 is 12.0 Å². The summed E-state index contributed by atoms with van der Waals surface area (Å²) >= 11 is 7.88. The summed E-state index contributed by atoms with van der Waals surface area (Å²) in [4.78, 5) is 28.5. The Balaban J connectivity index is 1.61. The predicted octanol–water partition coefficient (Wildman–Crippen LogP) is 5.44. The zero-order chi connectivity index (χ0) is 19.7. The fraction of sp³-hybridized carbons (Fsp3) is 0.429. The van der Waals surface area contributed by atoms with E-state index in [4.69, 9.17) is 16.3 Å². The number of thiophene rings is 1. The normalized spacial score (nSPS) is 18.6. The Bertz CT molecular complexity index is 911. The van der Waals surface area contributed by atoms with Crippen molar-refractivity contribution in [2.24, 2.45) is 0 Å². The molecule has 2 heterocycles. The first-order valence-corrected chi connectivity index (χ1v) is 10.8. The summed E-state index contributed by atoms with van der Waals surface area (Å²) in [6.45, 7) is 0.667. The number of halogens is 1. The number of carbonyl (C=O) groups is 2. The van der Waals surface area contributed by atoms with E-state index in [-0.39, 0.29) is 18.0 Å². The number of likely N-dealkylation sites (tertiary alicyclic amines) is 1. The molecule has 5 nitrogen and oxygen atoms in total. The van der Waals surface area contributed by atoms with Crippen LogP contribution in [0.5, 0.6) is 0 Å². The van der Waals surface area contributed by atoms with Crippen LogP contribution >= 0.6 is 22.9 Å². The van der Waals surface area contributed by atoms with Gasteiger partial charge < -0.3 is 9.64 Å². The van der Waals surface area contributed by atoms with Crippen LogP contribution in [0.2, 0.25) is 5.02 Å². The molecule has 148 valence electrons. The van der Waals surface area contributed by atoms with Crippen molar-refractivity contribution in [3.05, 3.63) is 50.9 Å². The van der Waals surface area contributed by atoms with Crippen molar-refractivity contribution in [1.29, 1.82) is 0 Å². The van der Waals surface area contributed by atoms with E-state index >= 15 is 0 Å². The SMILES string of the molecule is COC(=O)c1c(NC(=O)N2CCC[C@H]2c2ccccc2Cl)sc2c1CCCC2. The van der Waals surface area contributed by atoms with Gasteiger partial charge in [-0.05, 0) is 55.7 Å². The molecule has 2 amide bonds. The molecule has 7 heteroatoms. The molecule has 1 atom stereocenters. The van der Waals surface area contributed by atoms with E-state index in [0.717, 1.165) is 49.7 Å².